The molecule has 2 aromatic carbocycles. The topological polar surface area (TPSA) is 124 Å². The van der Waals surface area contributed by atoms with Gasteiger partial charge in [0, 0.05) is 50.9 Å². The molecule has 1 amide bonds. The number of carbonyl (C=O) groups excluding carboxylic acids is 1. The van der Waals surface area contributed by atoms with Crippen LogP contribution < -0.4 is 4.90 Å². The largest absolute Gasteiger partial charge is 0.507 e. The number of hydrogen-bond donors (Lipinski definition) is 1. The summed E-state index contributed by atoms with van der Waals surface area (Å²) in [4.78, 5) is 27.5. The van der Waals surface area contributed by atoms with Crippen molar-refractivity contribution in [3.63, 3.8) is 0 Å². The van der Waals surface area contributed by atoms with Crippen LogP contribution in [0, 0.1) is 17.0 Å². The number of nitro benzene ring substituents is 1. The van der Waals surface area contributed by atoms with Gasteiger partial charge in [-0.15, -0.1) is 0 Å². The van der Waals surface area contributed by atoms with E-state index in [0.717, 1.165) is 25.9 Å². The van der Waals surface area contributed by atoms with Crippen LogP contribution in [0.2, 0.25) is 0 Å². The predicted octanol–water partition coefficient (Wildman–Crippen LogP) is 2.36. The van der Waals surface area contributed by atoms with Crippen molar-refractivity contribution < 1.29 is 23.2 Å². The summed E-state index contributed by atoms with van der Waals surface area (Å²) in [5.74, 6) is -0.689. The van der Waals surface area contributed by atoms with Crippen molar-refractivity contribution in [2.75, 3.05) is 44.2 Å². The smallest absolute Gasteiger partial charge is 0.293 e. The van der Waals surface area contributed by atoms with E-state index in [2.05, 4.69) is 0 Å². The summed E-state index contributed by atoms with van der Waals surface area (Å²) in [6.07, 6.45) is 1.96. The van der Waals surface area contributed by atoms with Gasteiger partial charge in [-0.3, -0.25) is 14.9 Å². The van der Waals surface area contributed by atoms with Crippen molar-refractivity contribution in [2.45, 2.75) is 24.7 Å². The first-order chi connectivity index (χ1) is 15.7. The minimum atomic E-state index is -3.91. The van der Waals surface area contributed by atoms with Crippen molar-refractivity contribution in [3.8, 4) is 5.75 Å². The number of hydrogen-bond acceptors (Lipinski definition) is 7. The molecule has 0 aromatic heterocycles. The van der Waals surface area contributed by atoms with Gasteiger partial charge in [0.2, 0.25) is 10.0 Å². The van der Waals surface area contributed by atoms with Crippen molar-refractivity contribution >= 4 is 27.3 Å². The number of phenols is 1. The number of rotatable bonds is 5. The standard InChI is InChI=1S/C22H26N4O6S/c1-16-4-7-20(27)21(14-16)33(31,32)25-12-10-24(11-13-25)22(28)17-5-6-18(19(15-17)26(29)30)23-8-2-3-9-23/h4-7,14-15,27H,2-3,8-13H2,1H3. The van der Waals surface area contributed by atoms with E-state index < -0.39 is 14.9 Å². The number of anilines is 1. The summed E-state index contributed by atoms with van der Waals surface area (Å²) in [7, 11) is -3.91. The second-order valence-corrected chi connectivity index (χ2v) is 10.2. The molecule has 176 valence electrons. The molecule has 2 aliphatic heterocycles. The Morgan fingerprint density at radius 3 is 2.30 bits per heavy atom. The number of sulfonamides is 1. The number of aryl methyl sites for hydroxylation is 1. The number of aromatic hydroxyl groups is 1. The van der Waals surface area contributed by atoms with Crippen molar-refractivity contribution in [1.29, 1.82) is 0 Å². The lowest BCUT2D eigenvalue weighted by atomic mass is 10.1. The van der Waals surface area contributed by atoms with Crippen LogP contribution in [0.1, 0.15) is 28.8 Å². The van der Waals surface area contributed by atoms with E-state index in [1.807, 2.05) is 4.90 Å². The first-order valence-electron chi connectivity index (χ1n) is 10.8. The summed E-state index contributed by atoms with van der Waals surface area (Å²) >= 11 is 0. The average molecular weight is 475 g/mol. The number of nitro groups is 1. The SMILES string of the molecule is Cc1ccc(O)c(S(=O)(=O)N2CCN(C(=O)c3ccc(N4CCCC4)c([N+](=O)[O-])c3)CC2)c1. The van der Waals surface area contributed by atoms with E-state index in [1.54, 1.807) is 25.1 Å². The first-order valence-corrected chi connectivity index (χ1v) is 12.2. The highest BCUT2D eigenvalue weighted by atomic mass is 32.2. The Morgan fingerprint density at radius 2 is 1.67 bits per heavy atom. The Morgan fingerprint density at radius 1 is 1.00 bits per heavy atom. The van der Waals surface area contributed by atoms with Crippen LogP contribution >= 0.6 is 0 Å². The molecule has 0 spiro atoms. The van der Waals surface area contributed by atoms with Crippen molar-refractivity contribution in [1.82, 2.24) is 9.21 Å². The molecule has 0 radical (unpaired) electrons. The Kier molecular flexibility index (Phi) is 6.26. The van der Waals surface area contributed by atoms with Gasteiger partial charge in [-0.05, 0) is 49.6 Å². The zero-order valence-corrected chi connectivity index (χ0v) is 19.1. The third-order valence-corrected chi connectivity index (χ3v) is 8.05. The maximum Gasteiger partial charge on any atom is 0.293 e. The molecule has 0 unspecified atom stereocenters. The lowest BCUT2D eigenvalue weighted by Crippen LogP contribution is -2.50. The van der Waals surface area contributed by atoms with Gasteiger partial charge in [0.15, 0.2) is 0 Å². The van der Waals surface area contributed by atoms with Gasteiger partial charge >= 0.3 is 0 Å². The fraction of sp³-hybridized carbons (Fsp3) is 0.409. The van der Waals surface area contributed by atoms with Gasteiger partial charge in [0.25, 0.3) is 11.6 Å². The lowest BCUT2D eigenvalue weighted by molar-refractivity contribution is -0.384. The third kappa shape index (κ3) is 4.51. The van der Waals surface area contributed by atoms with Crippen LogP contribution in [0.4, 0.5) is 11.4 Å². The summed E-state index contributed by atoms with van der Waals surface area (Å²) in [6.45, 7) is 3.66. The molecule has 11 heteroatoms. The fourth-order valence-corrected chi connectivity index (χ4v) is 5.90. The zero-order valence-electron chi connectivity index (χ0n) is 18.3. The number of nitrogens with zero attached hydrogens (tertiary/aromatic N) is 4. The number of carbonyl (C=O) groups is 1. The molecule has 33 heavy (non-hydrogen) atoms. The van der Waals surface area contributed by atoms with E-state index >= 15 is 0 Å². The summed E-state index contributed by atoms with van der Waals surface area (Å²) in [5, 5.41) is 21.7. The molecular weight excluding hydrogens is 448 g/mol. The molecule has 1 N–H and O–H groups in total. The van der Waals surface area contributed by atoms with Crippen LogP contribution in [0.3, 0.4) is 0 Å². The van der Waals surface area contributed by atoms with E-state index in [1.165, 1.54) is 27.4 Å². The fourth-order valence-electron chi connectivity index (χ4n) is 4.31. The summed E-state index contributed by atoms with van der Waals surface area (Å²) < 4.78 is 27.2. The number of benzene rings is 2. The number of phenolic OH excluding ortho intramolecular Hbond substituents is 1. The molecule has 10 nitrogen and oxygen atoms in total. The van der Waals surface area contributed by atoms with Gasteiger partial charge in [0.05, 0.1) is 4.92 Å². The predicted molar refractivity (Wildman–Crippen MR) is 122 cm³/mol. The Bertz CT molecular complexity index is 1190. The molecule has 2 saturated heterocycles. The average Bonchev–Trinajstić information content (AvgIpc) is 3.34. The molecule has 2 aromatic rings. The Labute approximate surface area is 192 Å². The van der Waals surface area contributed by atoms with Gasteiger partial charge < -0.3 is 14.9 Å². The van der Waals surface area contributed by atoms with E-state index in [-0.39, 0.29) is 54.0 Å². The van der Waals surface area contributed by atoms with Gasteiger partial charge in [-0.2, -0.15) is 4.31 Å². The van der Waals surface area contributed by atoms with Gasteiger partial charge in [0.1, 0.15) is 16.3 Å². The van der Waals surface area contributed by atoms with E-state index in [4.69, 9.17) is 0 Å². The lowest BCUT2D eigenvalue weighted by Gasteiger charge is -2.34. The maximum atomic E-state index is 13.0. The summed E-state index contributed by atoms with van der Waals surface area (Å²) in [5.41, 5.74) is 1.33. The van der Waals surface area contributed by atoms with Crippen LogP contribution in [-0.2, 0) is 10.0 Å². The highest BCUT2D eigenvalue weighted by molar-refractivity contribution is 7.89. The second-order valence-electron chi connectivity index (χ2n) is 8.32. The molecule has 0 aliphatic carbocycles. The highest BCUT2D eigenvalue weighted by Crippen LogP contribution is 2.32. The maximum absolute atomic E-state index is 13.0. The molecule has 0 saturated carbocycles. The quantitative estimate of drug-likeness (QED) is 0.521. The number of piperazine rings is 1. The Balaban J connectivity index is 1.49. The van der Waals surface area contributed by atoms with Gasteiger partial charge in [-0.25, -0.2) is 8.42 Å². The molecule has 2 heterocycles. The summed E-state index contributed by atoms with van der Waals surface area (Å²) in [6, 6.07) is 8.92. The highest BCUT2D eigenvalue weighted by Gasteiger charge is 2.33. The van der Waals surface area contributed by atoms with Crippen LogP contribution in [-0.4, -0.2) is 72.8 Å². The van der Waals surface area contributed by atoms with E-state index in [0.29, 0.717) is 11.3 Å². The van der Waals surface area contributed by atoms with E-state index in [9.17, 15) is 28.4 Å². The third-order valence-electron chi connectivity index (χ3n) is 6.12. The Hall–Kier alpha value is -3.18. The van der Waals surface area contributed by atoms with Crippen LogP contribution in [0.25, 0.3) is 0 Å². The zero-order chi connectivity index (χ0) is 23.8. The first kappa shape index (κ1) is 23.0. The molecule has 2 aliphatic rings. The second kappa shape index (κ2) is 8.99. The van der Waals surface area contributed by atoms with Crippen LogP contribution in [0.15, 0.2) is 41.3 Å². The molecule has 0 bridgehead atoms. The molecule has 2 fully saturated rings. The van der Waals surface area contributed by atoms with Crippen LogP contribution in [0.5, 0.6) is 5.75 Å². The molecule has 0 atom stereocenters. The van der Waals surface area contributed by atoms with Crippen molar-refractivity contribution in [2.24, 2.45) is 0 Å². The number of amides is 1. The molecular formula is C22H26N4O6S. The molecule has 4 rings (SSSR count). The normalized spacial score (nSPS) is 17.4. The van der Waals surface area contributed by atoms with Crippen molar-refractivity contribution in [3.05, 3.63) is 57.6 Å². The van der Waals surface area contributed by atoms with Gasteiger partial charge in [-0.1, -0.05) is 6.07 Å². The minimum Gasteiger partial charge on any atom is -0.507 e. The minimum absolute atomic E-state index is 0.0649. The monoisotopic (exact) mass is 474 g/mol.